The average Bonchev–Trinajstić information content (AvgIpc) is 3.36. The van der Waals surface area contributed by atoms with Gasteiger partial charge in [0.05, 0.1) is 31.9 Å². The van der Waals surface area contributed by atoms with Crippen LogP contribution in [-0.4, -0.2) is 29.8 Å². The molecule has 2 N–H and O–H groups in total. The largest absolute Gasteiger partial charge is 0.338 e. The lowest BCUT2D eigenvalue weighted by Gasteiger charge is -2.00. The van der Waals surface area contributed by atoms with Crippen molar-refractivity contribution < 1.29 is 9.85 Å². The van der Waals surface area contributed by atoms with Crippen molar-refractivity contribution in [2.75, 3.05) is 0 Å². The summed E-state index contributed by atoms with van der Waals surface area (Å²) in [5, 5.41) is 22.0. The Morgan fingerprint density at radius 3 is 1.57 bits per heavy atom. The minimum Gasteiger partial charge on any atom is -0.338 e. The van der Waals surface area contributed by atoms with Gasteiger partial charge in [0.2, 0.25) is 0 Å². The first-order valence-corrected chi connectivity index (χ1v) is 8.87. The molecule has 2 aromatic heterocycles. The maximum Gasteiger partial charge on any atom is 0.271 e. The van der Waals surface area contributed by atoms with Crippen molar-refractivity contribution in [3.8, 4) is 22.8 Å². The fraction of sp³-hybridized carbons (Fsp3) is 0. The number of hydrogen-bond acceptors (Lipinski definition) is 6. The third-order valence-corrected chi connectivity index (χ3v) is 4.76. The number of aromatic nitrogens is 4. The number of H-pyrrole nitrogens is 2. The van der Waals surface area contributed by atoms with Crippen LogP contribution in [0.4, 0.5) is 11.4 Å². The van der Waals surface area contributed by atoms with Gasteiger partial charge in [-0.3, -0.25) is 20.2 Å². The molecule has 30 heavy (non-hydrogen) atoms. The van der Waals surface area contributed by atoms with Crippen LogP contribution in [0.3, 0.4) is 0 Å². The van der Waals surface area contributed by atoms with Crippen molar-refractivity contribution in [1.82, 2.24) is 19.9 Å². The van der Waals surface area contributed by atoms with Crippen molar-refractivity contribution in [1.29, 1.82) is 0 Å². The van der Waals surface area contributed by atoms with Crippen LogP contribution >= 0.6 is 0 Å². The van der Waals surface area contributed by atoms with E-state index in [1.807, 2.05) is 24.3 Å². The van der Waals surface area contributed by atoms with Crippen molar-refractivity contribution in [2.24, 2.45) is 0 Å². The lowest BCUT2D eigenvalue weighted by atomic mass is 10.1. The van der Waals surface area contributed by atoms with Crippen LogP contribution in [-0.2, 0) is 0 Å². The molecular formula is C20H12N6O4. The summed E-state index contributed by atoms with van der Waals surface area (Å²) in [6, 6.07) is 16.4. The van der Waals surface area contributed by atoms with Crippen LogP contribution in [0.1, 0.15) is 0 Å². The summed E-state index contributed by atoms with van der Waals surface area (Å²) in [6.07, 6.45) is 0. The van der Waals surface area contributed by atoms with Crippen LogP contribution in [0.25, 0.3) is 44.8 Å². The molecule has 0 unspecified atom stereocenters. The van der Waals surface area contributed by atoms with Crippen LogP contribution in [0.5, 0.6) is 0 Å². The molecule has 2 heterocycles. The minimum atomic E-state index is -0.452. The first kappa shape index (κ1) is 17.5. The molecule has 0 fully saturated rings. The van der Waals surface area contributed by atoms with Crippen LogP contribution < -0.4 is 0 Å². The Morgan fingerprint density at radius 2 is 1.13 bits per heavy atom. The third kappa shape index (κ3) is 2.92. The zero-order chi connectivity index (χ0) is 20.8. The summed E-state index contributed by atoms with van der Waals surface area (Å²) in [4.78, 5) is 36.3. The molecule has 0 aliphatic heterocycles. The topological polar surface area (TPSA) is 144 Å². The predicted molar refractivity (Wildman–Crippen MR) is 110 cm³/mol. The maximum absolute atomic E-state index is 11.0. The fourth-order valence-electron chi connectivity index (χ4n) is 3.31. The number of benzene rings is 3. The second-order valence-electron chi connectivity index (χ2n) is 6.67. The Hall–Kier alpha value is -4.60. The summed E-state index contributed by atoms with van der Waals surface area (Å²) >= 11 is 0. The summed E-state index contributed by atoms with van der Waals surface area (Å²) in [7, 11) is 0. The van der Waals surface area contributed by atoms with E-state index in [1.165, 1.54) is 24.3 Å². The highest BCUT2D eigenvalue weighted by molar-refractivity contribution is 5.84. The number of hydrogen-bond donors (Lipinski definition) is 2. The number of nitrogens with zero attached hydrogens (tertiary/aromatic N) is 4. The summed E-state index contributed by atoms with van der Waals surface area (Å²) in [5.41, 5.74) is 3.91. The van der Waals surface area contributed by atoms with Gasteiger partial charge < -0.3 is 9.97 Å². The van der Waals surface area contributed by atoms with E-state index in [4.69, 9.17) is 0 Å². The molecule has 0 aliphatic rings. The SMILES string of the molecule is O=[N+]([O-])c1ccc2nc(-c3cccc(-c4nc5ccc([N+](=O)[O-])cc5[nH]4)c3)[nH]c2c1. The van der Waals surface area contributed by atoms with Crippen LogP contribution in [0.2, 0.25) is 0 Å². The molecule has 146 valence electrons. The quantitative estimate of drug-likeness (QED) is 0.333. The van der Waals surface area contributed by atoms with Gasteiger partial charge in [-0.1, -0.05) is 18.2 Å². The van der Waals surface area contributed by atoms with Crippen LogP contribution in [0.15, 0.2) is 60.7 Å². The molecule has 0 atom stereocenters. The van der Waals surface area contributed by atoms with Gasteiger partial charge in [-0.15, -0.1) is 0 Å². The molecule has 10 heteroatoms. The first-order chi connectivity index (χ1) is 14.5. The van der Waals surface area contributed by atoms with Crippen molar-refractivity contribution >= 4 is 33.4 Å². The van der Waals surface area contributed by atoms with Crippen molar-refractivity contribution in [3.05, 3.63) is 80.9 Å². The monoisotopic (exact) mass is 400 g/mol. The van der Waals surface area contributed by atoms with Gasteiger partial charge in [-0.2, -0.15) is 0 Å². The van der Waals surface area contributed by atoms with Gasteiger partial charge in [0, 0.05) is 35.4 Å². The predicted octanol–water partition coefficient (Wildman–Crippen LogP) is 4.59. The number of imidazole rings is 2. The molecular weight excluding hydrogens is 388 g/mol. The average molecular weight is 400 g/mol. The summed E-state index contributed by atoms with van der Waals surface area (Å²) < 4.78 is 0. The van der Waals surface area contributed by atoms with E-state index in [9.17, 15) is 20.2 Å². The molecule has 0 aliphatic carbocycles. The summed E-state index contributed by atoms with van der Waals surface area (Å²) in [6.45, 7) is 0. The Labute approximate surface area is 167 Å². The smallest absolute Gasteiger partial charge is 0.271 e. The second-order valence-corrected chi connectivity index (χ2v) is 6.67. The zero-order valence-corrected chi connectivity index (χ0v) is 15.2. The highest BCUT2D eigenvalue weighted by Crippen LogP contribution is 2.28. The molecule has 5 rings (SSSR count). The Kier molecular flexibility index (Phi) is 3.78. The van der Waals surface area contributed by atoms with Gasteiger partial charge in [-0.25, -0.2) is 9.97 Å². The van der Waals surface area contributed by atoms with E-state index in [1.54, 1.807) is 12.1 Å². The van der Waals surface area contributed by atoms with Crippen LogP contribution in [0, 0.1) is 20.2 Å². The number of aromatic amines is 2. The molecule has 0 radical (unpaired) electrons. The number of nitro groups is 2. The second kappa shape index (κ2) is 6.48. The zero-order valence-electron chi connectivity index (χ0n) is 15.2. The van der Waals surface area contributed by atoms with Gasteiger partial charge in [0.1, 0.15) is 11.6 Å². The standard InChI is InChI=1S/C20H12N6O4/c27-25(28)13-4-6-15-17(9-13)23-19(21-15)11-2-1-3-12(8-11)20-22-16-7-5-14(26(29)30)10-18(16)24-20/h1-10H,(H,21,23)(H,22,24). The first-order valence-electron chi connectivity index (χ1n) is 8.87. The Bertz CT molecular complexity index is 1360. The molecule has 0 saturated heterocycles. The Balaban J connectivity index is 1.55. The number of nitro benzene ring substituents is 2. The third-order valence-electron chi connectivity index (χ3n) is 4.76. The van der Waals surface area contributed by atoms with E-state index < -0.39 is 9.85 Å². The fourth-order valence-corrected chi connectivity index (χ4v) is 3.31. The molecule has 3 aromatic carbocycles. The molecule has 5 aromatic rings. The summed E-state index contributed by atoms with van der Waals surface area (Å²) in [5.74, 6) is 1.14. The lowest BCUT2D eigenvalue weighted by Crippen LogP contribution is -1.86. The van der Waals surface area contributed by atoms with E-state index in [2.05, 4.69) is 19.9 Å². The molecule has 0 saturated carbocycles. The number of rotatable bonds is 4. The van der Waals surface area contributed by atoms with E-state index >= 15 is 0 Å². The Morgan fingerprint density at radius 1 is 0.667 bits per heavy atom. The highest BCUT2D eigenvalue weighted by atomic mass is 16.6. The van der Waals surface area contributed by atoms with Gasteiger partial charge in [-0.05, 0) is 18.2 Å². The number of nitrogens with one attached hydrogen (secondary N) is 2. The van der Waals surface area contributed by atoms with Gasteiger partial charge in [0.15, 0.2) is 0 Å². The minimum absolute atomic E-state index is 0.0113. The van der Waals surface area contributed by atoms with Gasteiger partial charge in [0.25, 0.3) is 11.4 Å². The molecule has 0 bridgehead atoms. The van der Waals surface area contributed by atoms with E-state index in [0.717, 1.165) is 11.1 Å². The number of fused-ring (bicyclic) bond motifs is 2. The van der Waals surface area contributed by atoms with E-state index in [-0.39, 0.29) is 11.4 Å². The van der Waals surface area contributed by atoms with Crippen molar-refractivity contribution in [3.63, 3.8) is 0 Å². The molecule has 10 nitrogen and oxygen atoms in total. The van der Waals surface area contributed by atoms with Gasteiger partial charge >= 0.3 is 0 Å². The maximum atomic E-state index is 11.0. The number of non-ortho nitro benzene ring substituents is 2. The van der Waals surface area contributed by atoms with E-state index in [0.29, 0.717) is 33.7 Å². The normalized spacial score (nSPS) is 11.2. The lowest BCUT2D eigenvalue weighted by molar-refractivity contribution is -0.384. The molecule has 0 amide bonds. The highest BCUT2D eigenvalue weighted by Gasteiger charge is 2.13. The van der Waals surface area contributed by atoms with Crippen molar-refractivity contribution in [2.45, 2.75) is 0 Å². The molecule has 0 spiro atoms.